The molecule has 0 unspecified atom stereocenters. The second-order valence-electron chi connectivity index (χ2n) is 5.16. The van der Waals surface area contributed by atoms with E-state index in [1.54, 1.807) is 0 Å². The van der Waals surface area contributed by atoms with E-state index in [1.807, 2.05) is 4.90 Å². The van der Waals surface area contributed by atoms with Gasteiger partial charge in [-0.05, 0) is 39.5 Å². The highest BCUT2D eigenvalue weighted by atomic mass is 16.4. The van der Waals surface area contributed by atoms with Gasteiger partial charge >= 0.3 is 5.97 Å². The molecule has 1 heterocycles. The molecule has 1 N–H and O–H groups in total. The molecule has 0 spiro atoms. The number of aliphatic carboxylic acids is 1. The molecule has 0 aromatic carbocycles. The molecule has 0 radical (unpaired) electrons. The summed E-state index contributed by atoms with van der Waals surface area (Å²) >= 11 is 0. The summed E-state index contributed by atoms with van der Waals surface area (Å²) in [6, 6.07) is 0.539. The molecule has 0 bridgehead atoms. The van der Waals surface area contributed by atoms with Crippen LogP contribution in [-0.2, 0) is 9.59 Å². The highest BCUT2D eigenvalue weighted by Gasteiger charge is 2.51. The van der Waals surface area contributed by atoms with E-state index >= 15 is 0 Å². The third-order valence-electron chi connectivity index (χ3n) is 3.87. The third kappa shape index (κ3) is 1.93. The molecule has 4 atom stereocenters. The average molecular weight is 225 g/mol. The van der Waals surface area contributed by atoms with Crippen LogP contribution < -0.4 is 0 Å². The Kier molecular flexibility index (Phi) is 2.91. The van der Waals surface area contributed by atoms with Crippen molar-refractivity contribution in [2.45, 2.75) is 51.6 Å². The van der Waals surface area contributed by atoms with Gasteiger partial charge in [-0.25, -0.2) is 0 Å². The number of carboxylic acid groups (broad SMARTS) is 1. The summed E-state index contributed by atoms with van der Waals surface area (Å²) < 4.78 is 0. The van der Waals surface area contributed by atoms with Crippen molar-refractivity contribution in [2.24, 2.45) is 11.8 Å². The van der Waals surface area contributed by atoms with Crippen molar-refractivity contribution in [3.05, 3.63) is 0 Å². The summed E-state index contributed by atoms with van der Waals surface area (Å²) in [4.78, 5) is 24.8. The highest BCUT2D eigenvalue weighted by Crippen LogP contribution is 2.41. The standard InChI is InChI=1S/C12H19NO3/c1-7-4-3-5-8(2)13(7)11(14)9-6-10(9)12(15)16/h7-10H,3-6H2,1-2H3,(H,15,16)/t7-,8+,9-,10+/m1/s1. The van der Waals surface area contributed by atoms with E-state index in [2.05, 4.69) is 13.8 Å². The number of amides is 1. The van der Waals surface area contributed by atoms with Gasteiger partial charge in [-0.2, -0.15) is 0 Å². The quantitative estimate of drug-likeness (QED) is 0.774. The lowest BCUT2D eigenvalue weighted by molar-refractivity contribution is -0.144. The Morgan fingerprint density at radius 1 is 1.12 bits per heavy atom. The molecule has 4 heteroatoms. The van der Waals surface area contributed by atoms with Crippen LogP contribution in [0.1, 0.15) is 39.5 Å². The molecule has 2 fully saturated rings. The number of likely N-dealkylation sites (tertiary alicyclic amines) is 1. The first-order valence-electron chi connectivity index (χ1n) is 6.07. The van der Waals surface area contributed by atoms with E-state index in [1.165, 1.54) is 6.42 Å². The number of carbonyl (C=O) groups excluding carboxylic acids is 1. The number of hydrogen-bond acceptors (Lipinski definition) is 2. The van der Waals surface area contributed by atoms with Crippen molar-refractivity contribution in [2.75, 3.05) is 0 Å². The fraction of sp³-hybridized carbons (Fsp3) is 0.833. The monoisotopic (exact) mass is 225 g/mol. The molecule has 2 aliphatic rings. The van der Waals surface area contributed by atoms with Gasteiger partial charge in [0.2, 0.25) is 5.91 Å². The summed E-state index contributed by atoms with van der Waals surface area (Å²) in [5.41, 5.74) is 0. The van der Waals surface area contributed by atoms with E-state index in [0.717, 1.165) is 12.8 Å². The number of rotatable bonds is 2. The Morgan fingerprint density at radius 3 is 2.12 bits per heavy atom. The predicted octanol–water partition coefficient (Wildman–Crippen LogP) is 1.50. The lowest BCUT2D eigenvalue weighted by atomic mass is 9.97. The topological polar surface area (TPSA) is 57.6 Å². The van der Waals surface area contributed by atoms with E-state index in [0.29, 0.717) is 6.42 Å². The first-order valence-corrected chi connectivity index (χ1v) is 6.07. The van der Waals surface area contributed by atoms with Crippen molar-refractivity contribution in [1.82, 2.24) is 4.90 Å². The molecular weight excluding hydrogens is 206 g/mol. The fourth-order valence-corrected chi connectivity index (χ4v) is 2.79. The average Bonchev–Trinajstić information content (AvgIpc) is 2.96. The van der Waals surface area contributed by atoms with Gasteiger partial charge in [0.05, 0.1) is 11.8 Å². The first kappa shape index (κ1) is 11.4. The zero-order valence-corrected chi connectivity index (χ0v) is 9.85. The van der Waals surface area contributed by atoms with Gasteiger partial charge in [0, 0.05) is 12.1 Å². The highest BCUT2D eigenvalue weighted by molar-refractivity contribution is 5.89. The van der Waals surface area contributed by atoms with Crippen molar-refractivity contribution >= 4 is 11.9 Å². The molecule has 1 saturated heterocycles. The van der Waals surface area contributed by atoms with E-state index in [4.69, 9.17) is 5.11 Å². The smallest absolute Gasteiger partial charge is 0.307 e. The molecule has 90 valence electrons. The van der Waals surface area contributed by atoms with Gasteiger partial charge in [-0.3, -0.25) is 9.59 Å². The van der Waals surface area contributed by atoms with Crippen LogP contribution in [0.25, 0.3) is 0 Å². The van der Waals surface area contributed by atoms with E-state index < -0.39 is 11.9 Å². The van der Waals surface area contributed by atoms with Crippen molar-refractivity contribution in [1.29, 1.82) is 0 Å². The Labute approximate surface area is 95.6 Å². The van der Waals surface area contributed by atoms with Gasteiger partial charge in [-0.15, -0.1) is 0 Å². The summed E-state index contributed by atoms with van der Waals surface area (Å²) in [7, 11) is 0. The SMILES string of the molecule is C[C@@H]1CCC[C@H](C)N1C(=O)[C@@H]1C[C@@H]1C(=O)O. The molecule has 4 nitrogen and oxygen atoms in total. The molecule has 1 saturated carbocycles. The number of hydrogen-bond donors (Lipinski definition) is 1. The van der Waals surface area contributed by atoms with Gasteiger partial charge in [0.15, 0.2) is 0 Å². The van der Waals surface area contributed by atoms with Crippen LogP contribution in [0.5, 0.6) is 0 Å². The maximum absolute atomic E-state index is 12.2. The van der Waals surface area contributed by atoms with Crippen LogP contribution in [0.4, 0.5) is 0 Å². The van der Waals surface area contributed by atoms with Crippen LogP contribution in [0.2, 0.25) is 0 Å². The van der Waals surface area contributed by atoms with Gasteiger partial charge < -0.3 is 10.0 Å². The lowest BCUT2D eigenvalue weighted by Gasteiger charge is -2.39. The Balaban J connectivity index is 2.01. The zero-order valence-electron chi connectivity index (χ0n) is 9.85. The third-order valence-corrected chi connectivity index (χ3v) is 3.87. The molecule has 0 aromatic heterocycles. The van der Waals surface area contributed by atoms with Crippen molar-refractivity contribution in [3.8, 4) is 0 Å². The van der Waals surface area contributed by atoms with Crippen LogP contribution in [0.3, 0.4) is 0 Å². The normalized spacial score (nSPS) is 38.2. The van der Waals surface area contributed by atoms with Gasteiger partial charge in [0.1, 0.15) is 0 Å². The van der Waals surface area contributed by atoms with Crippen LogP contribution in [0, 0.1) is 11.8 Å². The lowest BCUT2D eigenvalue weighted by Crippen LogP contribution is -2.48. The minimum absolute atomic E-state index is 0.0621. The van der Waals surface area contributed by atoms with Crippen LogP contribution in [0.15, 0.2) is 0 Å². The van der Waals surface area contributed by atoms with Crippen molar-refractivity contribution < 1.29 is 14.7 Å². The molecule has 1 aliphatic carbocycles. The first-order chi connectivity index (χ1) is 7.52. The summed E-state index contributed by atoms with van der Waals surface area (Å²) in [5.74, 6) is -1.43. The number of carbonyl (C=O) groups is 2. The Hall–Kier alpha value is -1.06. The Bertz CT molecular complexity index is 305. The number of nitrogens with zero attached hydrogens (tertiary/aromatic N) is 1. The van der Waals surface area contributed by atoms with Crippen LogP contribution >= 0.6 is 0 Å². The maximum atomic E-state index is 12.2. The predicted molar refractivity (Wildman–Crippen MR) is 58.9 cm³/mol. The van der Waals surface area contributed by atoms with Gasteiger partial charge in [-0.1, -0.05) is 0 Å². The minimum atomic E-state index is -0.823. The molecule has 0 aromatic rings. The molecule has 16 heavy (non-hydrogen) atoms. The minimum Gasteiger partial charge on any atom is -0.481 e. The second kappa shape index (κ2) is 4.07. The van der Waals surface area contributed by atoms with E-state index in [-0.39, 0.29) is 23.9 Å². The molecule has 1 amide bonds. The molecule has 2 rings (SSSR count). The number of carboxylic acids is 1. The fourth-order valence-electron chi connectivity index (χ4n) is 2.79. The van der Waals surface area contributed by atoms with E-state index in [9.17, 15) is 9.59 Å². The maximum Gasteiger partial charge on any atom is 0.307 e. The second-order valence-corrected chi connectivity index (χ2v) is 5.16. The van der Waals surface area contributed by atoms with Crippen molar-refractivity contribution in [3.63, 3.8) is 0 Å². The zero-order chi connectivity index (χ0) is 11.9. The summed E-state index contributed by atoms with van der Waals surface area (Å²) in [6.45, 7) is 4.12. The van der Waals surface area contributed by atoms with Crippen LogP contribution in [-0.4, -0.2) is 34.0 Å². The molecule has 1 aliphatic heterocycles. The Morgan fingerprint density at radius 2 is 1.69 bits per heavy atom. The van der Waals surface area contributed by atoms with Gasteiger partial charge in [0.25, 0.3) is 0 Å². The molecular formula is C12H19NO3. The summed E-state index contributed by atoms with van der Waals surface area (Å²) in [5, 5.41) is 8.83. The largest absolute Gasteiger partial charge is 0.481 e. The summed E-state index contributed by atoms with van der Waals surface area (Å²) in [6.07, 6.45) is 3.78. The number of piperidine rings is 1.